The topological polar surface area (TPSA) is 466 Å². The number of nitrogens with one attached hydrogen (secondary N) is 6. The van der Waals surface area contributed by atoms with Crippen molar-refractivity contribution in [2.75, 3.05) is 55.9 Å². The van der Waals surface area contributed by atoms with Gasteiger partial charge in [0.1, 0.15) is 56.8 Å². The first-order valence-electron chi connectivity index (χ1n) is 36.4. The quantitative estimate of drug-likeness (QED) is 0.00828. The Morgan fingerprint density at radius 2 is 1.01 bits per heavy atom. The summed E-state index contributed by atoms with van der Waals surface area (Å²) in [6.07, 6.45) is -1.14. The van der Waals surface area contributed by atoms with E-state index in [-0.39, 0.29) is 143 Å². The number of amides is 6. The van der Waals surface area contributed by atoms with Gasteiger partial charge in [0.15, 0.2) is 0 Å². The molecule has 8 heterocycles. The fourth-order valence-electron chi connectivity index (χ4n) is 13.5. The van der Waals surface area contributed by atoms with E-state index in [1.54, 1.807) is 35.1 Å². The molecular weight excluding hydrogens is 1500 g/mol. The summed E-state index contributed by atoms with van der Waals surface area (Å²) in [5.41, 5.74) is 18.1. The third-order valence-corrected chi connectivity index (χ3v) is 23.9. The average Bonchev–Trinajstić information content (AvgIpc) is 1.50. The minimum atomic E-state index is -2.03. The summed E-state index contributed by atoms with van der Waals surface area (Å²) in [6, 6.07) is 16.5. The predicted molar refractivity (Wildman–Crippen MR) is 413 cm³/mol. The number of rotatable bonds is 40. The zero-order valence-corrected chi connectivity index (χ0v) is 64.6. The van der Waals surface area contributed by atoms with Gasteiger partial charge in [0.2, 0.25) is 46.6 Å². The van der Waals surface area contributed by atoms with E-state index in [4.69, 9.17) is 55.6 Å². The van der Waals surface area contributed by atoms with Crippen LogP contribution < -0.4 is 60.2 Å². The summed E-state index contributed by atoms with van der Waals surface area (Å²) >= 11 is 0. The fraction of sp³-hybridized carbons (Fsp3) is 0.486. The molecule has 13 N–H and O–H groups in total. The van der Waals surface area contributed by atoms with Gasteiger partial charge in [0.05, 0.1) is 64.1 Å². The normalized spacial score (nSPS) is 17.3. The Balaban J connectivity index is 0.722. The van der Waals surface area contributed by atoms with E-state index in [0.29, 0.717) is 60.5 Å². The van der Waals surface area contributed by atoms with E-state index in [0.717, 1.165) is 49.0 Å². The van der Waals surface area contributed by atoms with Gasteiger partial charge in [0, 0.05) is 69.5 Å². The van der Waals surface area contributed by atoms with Gasteiger partial charge in [-0.1, -0.05) is 93.4 Å². The Morgan fingerprint density at radius 1 is 0.573 bits per heavy atom. The number of hydrogen-bond donors (Lipinski definition) is 10. The molecule has 36 heteroatoms. The summed E-state index contributed by atoms with van der Waals surface area (Å²) < 4.78 is 36.5. The molecule has 0 fully saturated rings. The first-order chi connectivity index (χ1) is 52.9. The summed E-state index contributed by atoms with van der Waals surface area (Å²) in [4.78, 5) is 174. The summed E-state index contributed by atoms with van der Waals surface area (Å²) in [5.74, 6) is -5.53. The Morgan fingerprint density at radius 3 is 1.45 bits per heavy atom. The van der Waals surface area contributed by atoms with Crippen LogP contribution in [0.2, 0.25) is 0 Å². The third-order valence-electron chi connectivity index (χ3n) is 19.2. The second kappa shape index (κ2) is 38.6. The van der Waals surface area contributed by atoms with Crippen molar-refractivity contribution in [1.29, 1.82) is 0 Å². The highest BCUT2D eigenvalue weighted by molar-refractivity contribution is 8.77. The maximum Gasteiger partial charge on any atom is 0.509 e. The number of primary amides is 1. The number of esters is 2. The molecule has 0 spiro atoms. The number of benzene rings is 2. The number of aromatic nitrogens is 4. The van der Waals surface area contributed by atoms with Crippen molar-refractivity contribution in [2.24, 2.45) is 17.2 Å². The summed E-state index contributed by atoms with van der Waals surface area (Å²) in [5, 5.41) is 28.5. The predicted octanol–water partition coefficient (Wildman–Crippen LogP) is 4.54. The monoisotopic (exact) mass is 1590 g/mol. The number of cyclic esters (lactones) is 2. The van der Waals surface area contributed by atoms with Crippen molar-refractivity contribution in [3.63, 3.8) is 0 Å². The molecule has 0 bridgehead atoms. The van der Waals surface area contributed by atoms with Crippen LogP contribution in [0, 0.1) is 0 Å². The summed E-state index contributed by atoms with van der Waals surface area (Å²) in [7, 11) is 4.75. The number of hydrogen-bond acceptors (Lipinski definition) is 28. The van der Waals surface area contributed by atoms with Gasteiger partial charge in [0.25, 0.3) is 11.1 Å². The number of ether oxygens (including phenoxy) is 6. The maximum absolute atomic E-state index is 14.5. The summed E-state index contributed by atoms with van der Waals surface area (Å²) in [6.45, 7) is 5.96. The first kappa shape index (κ1) is 83.2. The maximum atomic E-state index is 14.5. The number of aliphatic hydroxyl groups is 1. The van der Waals surface area contributed by atoms with Crippen molar-refractivity contribution in [1.82, 2.24) is 51.0 Å². The number of nitrogens with zero attached hydrogens (tertiary/aromatic N) is 4. The van der Waals surface area contributed by atoms with E-state index in [1.165, 1.54) is 35.4 Å². The lowest BCUT2D eigenvalue weighted by molar-refractivity contribution is -0.175. The SMILES string of the molecule is CC[C@]1(OC(=O)OCCSSC[C@@H](NC(C)=O)C(=O)N[C@@H](CCCCNC(=O)[C@@H](CSSCCOC(=O)O[C@]2(CC)C(=O)OCc3c2cc2n(c3=O)Cc3cc4ccccc4nc3-2)NC(C)O)C(=O)N[C@@H](CCCCN)C(=O)N[C@@H](CCCCN)C(N)=O)C(=O)OCc2c1cc1n(c2=O)Cc2cc3ccccc3nc2-1. The molecule has 0 aliphatic carbocycles. The lowest BCUT2D eigenvalue weighted by atomic mass is 9.85. The molecule has 0 saturated heterocycles. The fourth-order valence-corrected chi connectivity index (χ4v) is 17.5. The van der Waals surface area contributed by atoms with Gasteiger partial charge in [-0.3, -0.25) is 43.7 Å². The van der Waals surface area contributed by atoms with Crippen molar-refractivity contribution in [3.05, 3.63) is 127 Å². The number of nitrogens with two attached hydrogens (primary N) is 3. The zero-order chi connectivity index (χ0) is 78.8. The van der Waals surface area contributed by atoms with Gasteiger partial charge >= 0.3 is 24.2 Å². The number of para-hydroxylation sites is 2. The number of carbonyl (C=O) groups excluding carboxylic acids is 10. The lowest BCUT2D eigenvalue weighted by Crippen LogP contribution is -2.58. The van der Waals surface area contributed by atoms with Crippen LogP contribution in [0.4, 0.5) is 9.59 Å². The number of unbranched alkanes of at least 4 members (excludes halogenated alkanes) is 3. The molecule has 4 aromatic heterocycles. The number of fused-ring (bicyclic) bond motifs is 10. The molecule has 110 heavy (non-hydrogen) atoms. The van der Waals surface area contributed by atoms with Crippen molar-refractivity contribution >= 4 is 125 Å². The zero-order valence-electron chi connectivity index (χ0n) is 61.3. The van der Waals surface area contributed by atoms with E-state index >= 15 is 0 Å². The second-order valence-corrected chi connectivity index (χ2v) is 32.0. The third kappa shape index (κ3) is 19.7. The molecule has 0 radical (unpaired) electrons. The van der Waals surface area contributed by atoms with Crippen LogP contribution in [0.25, 0.3) is 44.6 Å². The van der Waals surface area contributed by atoms with Crippen LogP contribution in [0.15, 0.2) is 82.4 Å². The Hall–Kier alpha value is -9.30. The standard InChI is InChI=1S/C74H91N13O19S4/c1-5-73(49-33-58-60-45(31-43-17-7-9-19-51(43)81-60)35-86(58)67(95)47(49)37-103-69(73)97)105-71(99)101-27-29-107-109-39-56(79-41(3)88)63(91)78-26-16-13-23-55(65(93)84-54(22-12-15-25-76)64(92)83-53(62(77)90)21-11-14-24-75)85-66(94)57(80-42(4)89)40-110-108-30-28-102-72(100)106-74(6-2)50-34-59-61-46(32-44-18-8-10-20-52(44)82-61)36-87(59)68(96)48(50)38-104-70(74)98/h7-10,17-20,31-34,41,53-57,79,88H,5-6,11-16,21-30,35-40,75-76H2,1-4H3,(H2,77,90)(H,78,91)(H,80,89)(H,83,92)(H,84,93)(H,85,94)/t41?,53-,54-,55-,56+,57+,73-,74+/m0/s1. The van der Waals surface area contributed by atoms with Gasteiger partial charge < -0.3 is 86.4 Å². The van der Waals surface area contributed by atoms with Crippen molar-refractivity contribution in [2.45, 2.75) is 172 Å². The van der Waals surface area contributed by atoms with E-state index in [2.05, 4.69) is 31.9 Å². The van der Waals surface area contributed by atoms with E-state index in [9.17, 15) is 62.6 Å². The minimum Gasteiger partial charge on any atom is -0.457 e. The van der Waals surface area contributed by atoms with Crippen LogP contribution in [0.1, 0.15) is 132 Å². The average molecular weight is 1590 g/mol. The molecule has 6 amide bonds. The van der Waals surface area contributed by atoms with E-state index < -0.39 is 118 Å². The molecular formula is C74H91N13O19S4. The molecule has 10 rings (SSSR count). The molecule has 6 aromatic rings. The van der Waals surface area contributed by atoms with Crippen molar-refractivity contribution < 1.29 is 81.5 Å². The van der Waals surface area contributed by atoms with Gasteiger partial charge in [-0.25, -0.2) is 29.1 Å². The van der Waals surface area contributed by atoms with Crippen LogP contribution in [-0.2, 0) is 104 Å². The van der Waals surface area contributed by atoms with Crippen LogP contribution in [-0.4, -0.2) is 176 Å². The van der Waals surface area contributed by atoms with Crippen LogP contribution in [0.5, 0.6) is 0 Å². The molecule has 0 saturated carbocycles. The molecule has 32 nitrogen and oxygen atoms in total. The van der Waals surface area contributed by atoms with Gasteiger partial charge in [-0.05, 0) is 127 Å². The Bertz CT molecular complexity index is 4590. The number of pyridine rings is 4. The van der Waals surface area contributed by atoms with Gasteiger partial charge in [-0.15, -0.1) is 0 Å². The molecule has 8 atom stereocenters. The highest BCUT2D eigenvalue weighted by Gasteiger charge is 2.53. The smallest absolute Gasteiger partial charge is 0.457 e. The highest BCUT2D eigenvalue weighted by atomic mass is 33.1. The molecule has 4 aliphatic rings. The van der Waals surface area contributed by atoms with E-state index in [1.807, 2.05) is 60.7 Å². The van der Waals surface area contributed by atoms with Gasteiger partial charge in [-0.2, -0.15) is 0 Å². The number of carbonyl (C=O) groups is 10. The van der Waals surface area contributed by atoms with Crippen LogP contribution in [0.3, 0.4) is 0 Å². The molecule has 590 valence electrons. The van der Waals surface area contributed by atoms with Crippen molar-refractivity contribution in [3.8, 4) is 22.8 Å². The molecule has 1 unspecified atom stereocenters. The Labute approximate surface area is 648 Å². The Kier molecular flexibility index (Phi) is 29.2. The first-order valence-corrected chi connectivity index (χ1v) is 41.4. The molecule has 4 aliphatic heterocycles. The van der Waals surface area contributed by atoms with Crippen LogP contribution >= 0.6 is 43.2 Å². The minimum absolute atomic E-state index is 0.0546. The largest absolute Gasteiger partial charge is 0.509 e. The molecule has 2 aromatic carbocycles. The number of aliphatic hydroxyl groups excluding tert-OH is 1. The second-order valence-electron chi connectivity index (χ2n) is 26.7. The lowest BCUT2D eigenvalue weighted by Gasteiger charge is -2.35. The highest BCUT2D eigenvalue weighted by Crippen LogP contribution is 2.44.